The summed E-state index contributed by atoms with van der Waals surface area (Å²) in [5.74, 6) is 1.73. The molecule has 0 aromatic carbocycles. The molecular weight excluding hydrogens is 150 g/mol. The second kappa shape index (κ2) is 5.18. The van der Waals surface area contributed by atoms with Crippen LogP contribution in [0.4, 0.5) is 0 Å². The van der Waals surface area contributed by atoms with Crippen LogP contribution in [0.2, 0.25) is 0 Å². The molecule has 2 nitrogen and oxygen atoms in total. The van der Waals surface area contributed by atoms with Gasteiger partial charge in [-0.25, -0.2) is 0 Å². The maximum absolute atomic E-state index is 10.6. The molecule has 0 rings (SSSR count). The fourth-order valence-electron chi connectivity index (χ4n) is 1.75. The molecule has 0 radical (unpaired) electrons. The van der Waals surface area contributed by atoms with Crippen molar-refractivity contribution in [3.8, 4) is 0 Å². The van der Waals surface area contributed by atoms with Crippen molar-refractivity contribution in [1.82, 2.24) is 0 Å². The molecule has 0 bridgehead atoms. The van der Waals surface area contributed by atoms with Crippen molar-refractivity contribution in [3.63, 3.8) is 0 Å². The van der Waals surface area contributed by atoms with Gasteiger partial charge in [-0.1, -0.05) is 27.7 Å². The molecule has 0 saturated carbocycles. The third-order valence-corrected chi connectivity index (χ3v) is 2.44. The number of rotatable bonds is 5. The van der Waals surface area contributed by atoms with Crippen LogP contribution in [0.5, 0.6) is 0 Å². The minimum Gasteiger partial charge on any atom is -0.370 e. The minimum atomic E-state index is -0.179. The second-order valence-electron chi connectivity index (χ2n) is 4.16. The molecule has 12 heavy (non-hydrogen) atoms. The predicted octanol–water partition coefficient (Wildman–Crippen LogP) is 2.18. The topological polar surface area (TPSA) is 43.1 Å². The number of hydrogen-bond donors (Lipinski definition) is 1. The van der Waals surface area contributed by atoms with Gasteiger partial charge in [0, 0.05) is 6.42 Å². The van der Waals surface area contributed by atoms with Crippen molar-refractivity contribution < 1.29 is 4.79 Å². The summed E-state index contributed by atoms with van der Waals surface area (Å²) in [4.78, 5) is 10.6. The van der Waals surface area contributed by atoms with Gasteiger partial charge >= 0.3 is 0 Å². The summed E-state index contributed by atoms with van der Waals surface area (Å²) in [7, 11) is 0. The Morgan fingerprint density at radius 2 is 1.58 bits per heavy atom. The zero-order chi connectivity index (χ0) is 9.72. The molecule has 2 heteroatoms. The first kappa shape index (κ1) is 11.5. The highest BCUT2D eigenvalue weighted by molar-refractivity contribution is 5.73. The standard InChI is InChI=1S/C10H21NO/c1-7(2)9(8(3)4)5-6-10(11)12/h7-9H,5-6H2,1-4H3,(H2,11,12). The van der Waals surface area contributed by atoms with Gasteiger partial charge in [0.15, 0.2) is 0 Å². The molecule has 2 N–H and O–H groups in total. The third kappa shape index (κ3) is 4.37. The van der Waals surface area contributed by atoms with E-state index < -0.39 is 0 Å². The average Bonchev–Trinajstić information content (AvgIpc) is 1.84. The van der Waals surface area contributed by atoms with Crippen LogP contribution < -0.4 is 5.73 Å². The van der Waals surface area contributed by atoms with Gasteiger partial charge in [0.1, 0.15) is 0 Å². The Bertz CT molecular complexity index is 133. The van der Waals surface area contributed by atoms with Crippen LogP contribution in [0.25, 0.3) is 0 Å². The number of hydrogen-bond acceptors (Lipinski definition) is 1. The first-order valence-electron chi connectivity index (χ1n) is 4.73. The Labute approximate surface area is 75.5 Å². The fraction of sp³-hybridized carbons (Fsp3) is 0.900. The Kier molecular flexibility index (Phi) is 4.95. The SMILES string of the molecule is CC(C)C(CCC(N)=O)C(C)C. The molecule has 0 aromatic rings. The lowest BCUT2D eigenvalue weighted by Gasteiger charge is -2.23. The summed E-state index contributed by atoms with van der Waals surface area (Å²) in [5.41, 5.74) is 5.10. The Balaban J connectivity index is 3.88. The number of carbonyl (C=O) groups excluding carboxylic acids is 1. The van der Waals surface area contributed by atoms with Crippen LogP contribution in [0, 0.1) is 17.8 Å². The maximum atomic E-state index is 10.6. The Morgan fingerprint density at radius 1 is 1.17 bits per heavy atom. The molecule has 0 fully saturated rings. The first-order chi connectivity index (χ1) is 5.45. The van der Waals surface area contributed by atoms with Crippen LogP contribution in [0.3, 0.4) is 0 Å². The molecule has 0 aliphatic carbocycles. The van der Waals surface area contributed by atoms with Crippen molar-refractivity contribution >= 4 is 5.91 Å². The van der Waals surface area contributed by atoms with Gasteiger partial charge in [0.05, 0.1) is 0 Å². The van der Waals surface area contributed by atoms with E-state index in [-0.39, 0.29) is 5.91 Å². The molecule has 0 unspecified atom stereocenters. The summed E-state index contributed by atoms with van der Waals surface area (Å²) in [6.45, 7) is 8.80. The average molecular weight is 171 g/mol. The highest BCUT2D eigenvalue weighted by Crippen LogP contribution is 2.24. The normalized spacial score (nSPS) is 11.6. The highest BCUT2D eigenvalue weighted by Gasteiger charge is 2.17. The predicted molar refractivity (Wildman–Crippen MR) is 51.6 cm³/mol. The van der Waals surface area contributed by atoms with Crippen LogP contribution in [0.1, 0.15) is 40.5 Å². The third-order valence-electron chi connectivity index (χ3n) is 2.44. The van der Waals surface area contributed by atoms with E-state index in [1.54, 1.807) is 0 Å². The largest absolute Gasteiger partial charge is 0.370 e. The van der Waals surface area contributed by atoms with E-state index in [0.717, 1.165) is 6.42 Å². The van der Waals surface area contributed by atoms with Crippen LogP contribution in [-0.4, -0.2) is 5.91 Å². The fourth-order valence-corrected chi connectivity index (χ4v) is 1.75. The highest BCUT2D eigenvalue weighted by atomic mass is 16.1. The summed E-state index contributed by atoms with van der Waals surface area (Å²) in [6.07, 6.45) is 1.46. The van der Waals surface area contributed by atoms with E-state index >= 15 is 0 Å². The summed E-state index contributed by atoms with van der Waals surface area (Å²) in [5, 5.41) is 0. The van der Waals surface area contributed by atoms with Crippen molar-refractivity contribution in [2.45, 2.75) is 40.5 Å². The smallest absolute Gasteiger partial charge is 0.217 e. The number of amides is 1. The molecule has 0 aromatic heterocycles. The van der Waals surface area contributed by atoms with Crippen molar-refractivity contribution in [2.24, 2.45) is 23.5 Å². The first-order valence-corrected chi connectivity index (χ1v) is 4.73. The van der Waals surface area contributed by atoms with Gasteiger partial charge < -0.3 is 5.73 Å². The van der Waals surface area contributed by atoms with Gasteiger partial charge in [-0.3, -0.25) is 4.79 Å². The lowest BCUT2D eigenvalue weighted by molar-refractivity contribution is -0.118. The van der Waals surface area contributed by atoms with E-state index in [2.05, 4.69) is 27.7 Å². The van der Waals surface area contributed by atoms with Crippen LogP contribution in [0.15, 0.2) is 0 Å². The zero-order valence-corrected chi connectivity index (χ0v) is 8.63. The van der Waals surface area contributed by atoms with E-state index in [4.69, 9.17) is 5.73 Å². The molecule has 0 aliphatic rings. The van der Waals surface area contributed by atoms with Gasteiger partial charge in [-0.15, -0.1) is 0 Å². The summed E-state index contributed by atoms with van der Waals surface area (Å²) in [6, 6.07) is 0. The van der Waals surface area contributed by atoms with E-state index in [0.29, 0.717) is 24.2 Å². The Morgan fingerprint density at radius 3 is 1.83 bits per heavy atom. The van der Waals surface area contributed by atoms with E-state index in [1.165, 1.54) is 0 Å². The summed E-state index contributed by atoms with van der Waals surface area (Å²) >= 11 is 0. The van der Waals surface area contributed by atoms with Gasteiger partial charge in [-0.05, 0) is 24.2 Å². The lowest BCUT2D eigenvalue weighted by Crippen LogP contribution is -2.19. The monoisotopic (exact) mass is 171 g/mol. The maximum Gasteiger partial charge on any atom is 0.217 e. The van der Waals surface area contributed by atoms with Gasteiger partial charge in [0.2, 0.25) is 5.91 Å². The number of nitrogens with two attached hydrogens (primary N) is 1. The number of carbonyl (C=O) groups is 1. The van der Waals surface area contributed by atoms with Gasteiger partial charge in [0.25, 0.3) is 0 Å². The van der Waals surface area contributed by atoms with E-state index in [9.17, 15) is 4.79 Å². The van der Waals surface area contributed by atoms with Crippen molar-refractivity contribution in [2.75, 3.05) is 0 Å². The molecule has 72 valence electrons. The zero-order valence-electron chi connectivity index (χ0n) is 8.63. The molecule has 0 aliphatic heterocycles. The van der Waals surface area contributed by atoms with E-state index in [1.807, 2.05) is 0 Å². The Hall–Kier alpha value is -0.530. The molecule has 0 spiro atoms. The molecule has 0 atom stereocenters. The van der Waals surface area contributed by atoms with Crippen molar-refractivity contribution in [1.29, 1.82) is 0 Å². The van der Waals surface area contributed by atoms with Crippen LogP contribution in [-0.2, 0) is 4.79 Å². The second-order valence-corrected chi connectivity index (χ2v) is 4.16. The summed E-state index contributed by atoms with van der Waals surface area (Å²) < 4.78 is 0. The molecule has 0 heterocycles. The lowest BCUT2D eigenvalue weighted by atomic mass is 9.82. The number of primary amides is 1. The van der Waals surface area contributed by atoms with Crippen molar-refractivity contribution in [3.05, 3.63) is 0 Å². The molecule has 0 saturated heterocycles. The molecule has 1 amide bonds. The molecular formula is C10H21NO. The van der Waals surface area contributed by atoms with Gasteiger partial charge in [-0.2, -0.15) is 0 Å². The van der Waals surface area contributed by atoms with Crippen LogP contribution >= 0.6 is 0 Å². The minimum absolute atomic E-state index is 0.179. The quantitative estimate of drug-likeness (QED) is 0.677.